The molecule has 124 valence electrons. The second-order valence-electron chi connectivity index (χ2n) is 5.71. The monoisotopic (exact) mass is 380 g/mol. The number of carbonyl (C=O) groups is 1. The van der Waals surface area contributed by atoms with Crippen LogP contribution in [-0.4, -0.2) is 27.1 Å². The van der Waals surface area contributed by atoms with Gasteiger partial charge in [-0.3, -0.25) is 4.79 Å². The molecule has 0 saturated carbocycles. The molecule has 1 atom stereocenters. The number of hydrogen-bond donors (Lipinski definition) is 0. The van der Waals surface area contributed by atoms with Gasteiger partial charge in [-0.2, -0.15) is 0 Å². The van der Waals surface area contributed by atoms with Gasteiger partial charge in [-0.1, -0.05) is 6.08 Å². The van der Waals surface area contributed by atoms with Gasteiger partial charge in [0.15, 0.2) is 17.3 Å². The Morgan fingerprint density at radius 3 is 2.00 bits per heavy atom. The Balaban J connectivity index is 2.76. The Kier molecular flexibility index (Phi) is 4.90. The predicted molar refractivity (Wildman–Crippen MR) is 93.8 cm³/mol. The van der Waals surface area contributed by atoms with E-state index in [1.807, 2.05) is 26.0 Å². The van der Waals surface area contributed by atoms with Crippen LogP contribution >= 0.6 is 15.9 Å². The van der Waals surface area contributed by atoms with Crippen LogP contribution in [0.5, 0.6) is 17.2 Å². The van der Waals surface area contributed by atoms with E-state index in [1.54, 1.807) is 27.4 Å². The number of hydrogen-bond acceptors (Lipinski definition) is 4. The molecular weight excluding hydrogens is 360 g/mol. The van der Waals surface area contributed by atoms with Crippen LogP contribution in [0.3, 0.4) is 0 Å². The summed E-state index contributed by atoms with van der Waals surface area (Å²) in [5, 5.41) is 0. The molecule has 1 aliphatic rings. The SMILES string of the molecule is COc1cc(OC)c(C2(C)C=C(C)C(=O)C(Br)=C2C)cc1OC. The molecule has 4 nitrogen and oxygen atoms in total. The minimum atomic E-state index is -0.484. The van der Waals surface area contributed by atoms with Gasteiger partial charge in [0.25, 0.3) is 0 Å². The average Bonchev–Trinajstić information content (AvgIpc) is 2.56. The Labute approximate surface area is 145 Å². The van der Waals surface area contributed by atoms with Gasteiger partial charge in [-0.15, -0.1) is 0 Å². The second-order valence-corrected chi connectivity index (χ2v) is 6.50. The summed E-state index contributed by atoms with van der Waals surface area (Å²) in [6, 6.07) is 3.71. The van der Waals surface area contributed by atoms with E-state index in [2.05, 4.69) is 22.9 Å². The van der Waals surface area contributed by atoms with Crippen molar-refractivity contribution in [3.8, 4) is 17.2 Å². The molecule has 2 rings (SSSR count). The number of benzene rings is 1. The topological polar surface area (TPSA) is 44.8 Å². The van der Waals surface area contributed by atoms with Crippen LogP contribution in [0.25, 0.3) is 0 Å². The number of ketones is 1. The Hall–Kier alpha value is -1.75. The highest BCUT2D eigenvalue weighted by molar-refractivity contribution is 9.12. The van der Waals surface area contributed by atoms with Crippen LogP contribution in [0.2, 0.25) is 0 Å². The molecule has 1 aliphatic carbocycles. The van der Waals surface area contributed by atoms with E-state index in [4.69, 9.17) is 14.2 Å². The Morgan fingerprint density at radius 1 is 0.957 bits per heavy atom. The van der Waals surface area contributed by atoms with E-state index in [9.17, 15) is 4.79 Å². The van der Waals surface area contributed by atoms with Crippen LogP contribution in [0.4, 0.5) is 0 Å². The molecule has 0 radical (unpaired) electrons. The lowest BCUT2D eigenvalue weighted by atomic mass is 9.71. The predicted octanol–water partition coefficient (Wildman–Crippen LogP) is 4.17. The Morgan fingerprint density at radius 2 is 1.48 bits per heavy atom. The first-order valence-corrected chi connectivity index (χ1v) is 8.01. The zero-order valence-electron chi connectivity index (χ0n) is 14.2. The smallest absolute Gasteiger partial charge is 0.195 e. The van der Waals surface area contributed by atoms with E-state index < -0.39 is 5.41 Å². The maximum absolute atomic E-state index is 12.2. The molecule has 0 fully saturated rings. The molecule has 5 heteroatoms. The first-order valence-electron chi connectivity index (χ1n) is 7.21. The van der Waals surface area contributed by atoms with Crippen LogP contribution in [0, 0.1) is 0 Å². The highest BCUT2D eigenvalue weighted by Gasteiger charge is 2.37. The van der Waals surface area contributed by atoms with Crippen LogP contribution in [0.1, 0.15) is 26.3 Å². The van der Waals surface area contributed by atoms with Gasteiger partial charge in [0.05, 0.1) is 25.8 Å². The lowest BCUT2D eigenvalue weighted by Crippen LogP contribution is -2.28. The second kappa shape index (κ2) is 6.40. The van der Waals surface area contributed by atoms with E-state index >= 15 is 0 Å². The number of ether oxygens (including phenoxy) is 3. The summed E-state index contributed by atoms with van der Waals surface area (Å²) in [7, 11) is 4.80. The summed E-state index contributed by atoms with van der Waals surface area (Å²) >= 11 is 3.44. The van der Waals surface area contributed by atoms with Gasteiger partial charge >= 0.3 is 0 Å². The van der Waals surface area contributed by atoms with Crippen LogP contribution in [0.15, 0.2) is 33.8 Å². The summed E-state index contributed by atoms with van der Waals surface area (Å²) < 4.78 is 16.9. The van der Waals surface area contributed by atoms with Gasteiger partial charge in [-0.25, -0.2) is 0 Å². The number of halogens is 1. The third kappa shape index (κ3) is 2.78. The minimum Gasteiger partial charge on any atom is -0.496 e. The van der Waals surface area contributed by atoms with E-state index in [1.165, 1.54) is 0 Å². The molecule has 1 aromatic carbocycles. The normalized spacial score (nSPS) is 21.2. The maximum Gasteiger partial charge on any atom is 0.195 e. The highest BCUT2D eigenvalue weighted by Crippen LogP contribution is 2.48. The molecule has 0 N–H and O–H groups in total. The minimum absolute atomic E-state index is 0.0134. The number of rotatable bonds is 4. The molecule has 0 saturated heterocycles. The van der Waals surface area contributed by atoms with Crippen molar-refractivity contribution >= 4 is 21.7 Å². The molecule has 0 spiro atoms. The van der Waals surface area contributed by atoms with Crippen molar-refractivity contribution < 1.29 is 19.0 Å². The van der Waals surface area contributed by atoms with Gasteiger partial charge in [0.1, 0.15) is 5.75 Å². The molecule has 0 heterocycles. The van der Waals surface area contributed by atoms with Gasteiger partial charge in [-0.05, 0) is 53.9 Å². The van der Waals surface area contributed by atoms with E-state index in [0.29, 0.717) is 27.3 Å². The highest BCUT2D eigenvalue weighted by atomic mass is 79.9. The standard InChI is InChI=1S/C18H21BrO4/c1-10-9-18(3,11(2)16(19)17(10)20)12-7-14(22-5)15(23-6)8-13(12)21-4/h7-9H,1-6H3. The van der Waals surface area contributed by atoms with Crippen molar-refractivity contribution in [1.29, 1.82) is 0 Å². The summed E-state index contributed by atoms with van der Waals surface area (Å²) in [6.07, 6.45) is 1.97. The lowest BCUT2D eigenvalue weighted by Gasteiger charge is -2.34. The average molecular weight is 381 g/mol. The van der Waals surface area contributed by atoms with Crippen molar-refractivity contribution in [3.05, 3.63) is 39.4 Å². The number of methoxy groups -OCH3 is 3. The fourth-order valence-electron chi connectivity index (χ4n) is 2.89. The summed E-state index contributed by atoms with van der Waals surface area (Å²) in [5.74, 6) is 1.92. The molecule has 0 aliphatic heterocycles. The van der Waals surface area contributed by atoms with Gasteiger partial charge < -0.3 is 14.2 Å². The molecule has 1 unspecified atom stereocenters. The lowest BCUT2D eigenvalue weighted by molar-refractivity contribution is -0.111. The van der Waals surface area contributed by atoms with Gasteiger partial charge in [0.2, 0.25) is 0 Å². The molecular formula is C18H21BrO4. The number of Topliss-reactive ketones (excluding diaryl/α,β-unsaturated/α-hetero) is 1. The summed E-state index contributed by atoms with van der Waals surface area (Å²) in [5.41, 5.74) is 2.06. The molecule has 0 bridgehead atoms. The van der Waals surface area contributed by atoms with Crippen molar-refractivity contribution in [2.45, 2.75) is 26.2 Å². The molecule has 1 aromatic rings. The fraction of sp³-hybridized carbons (Fsp3) is 0.389. The van der Waals surface area contributed by atoms with E-state index in [0.717, 1.165) is 11.1 Å². The summed E-state index contributed by atoms with van der Waals surface area (Å²) in [4.78, 5) is 12.2. The fourth-order valence-corrected chi connectivity index (χ4v) is 3.62. The number of allylic oxidation sites excluding steroid dienone is 4. The third-order valence-corrected chi connectivity index (χ3v) is 5.39. The van der Waals surface area contributed by atoms with E-state index in [-0.39, 0.29) is 5.78 Å². The third-order valence-electron chi connectivity index (χ3n) is 4.44. The molecule has 23 heavy (non-hydrogen) atoms. The molecule has 0 aromatic heterocycles. The van der Waals surface area contributed by atoms with Crippen molar-refractivity contribution in [2.75, 3.05) is 21.3 Å². The van der Waals surface area contributed by atoms with Crippen molar-refractivity contribution in [2.24, 2.45) is 0 Å². The maximum atomic E-state index is 12.2. The first kappa shape index (κ1) is 17.6. The van der Waals surface area contributed by atoms with Crippen LogP contribution in [-0.2, 0) is 10.2 Å². The number of carbonyl (C=O) groups excluding carboxylic acids is 1. The zero-order valence-corrected chi connectivity index (χ0v) is 15.8. The summed E-state index contributed by atoms with van der Waals surface area (Å²) in [6.45, 7) is 5.83. The Bertz CT molecular complexity index is 718. The first-order chi connectivity index (χ1) is 10.8. The van der Waals surface area contributed by atoms with Crippen molar-refractivity contribution in [3.63, 3.8) is 0 Å². The van der Waals surface area contributed by atoms with Crippen LogP contribution < -0.4 is 14.2 Å². The largest absolute Gasteiger partial charge is 0.496 e. The zero-order chi connectivity index (χ0) is 17.4. The quantitative estimate of drug-likeness (QED) is 0.786. The van der Waals surface area contributed by atoms with Crippen molar-refractivity contribution in [1.82, 2.24) is 0 Å². The molecule has 0 amide bonds. The van der Waals surface area contributed by atoms with Gasteiger partial charge in [0, 0.05) is 17.0 Å².